The Bertz CT molecular complexity index is 657. The highest BCUT2D eigenvalue weighted by molar-refractivity contribution is 9.10. The van der Waals surface area contributed by atoms with Crippen LogP contribution in [0, 0.1) is 0 Å². The van der Waals surface area contributed by atoms with Crippen molar-refractivity contribution >= 4 is 37.5 Å². The van der Waals surface area contributed by atoms with Gasteiger partial charge in [0.1, 0.15) is 5.75 Å². The topological polar surface area (TPSA) is 21.3 Å². The minimum absolute atomic E-state index is 0.476. The molecular formula is C17H17Br2NO. The number of aryl methyl sites for hydroxylation is 1. The first-order valence-corrected chi connectivity index (χ1v) is 8.61. The molecule has 4 heteroatoms. The summed E-state index contributed by atoms with van der Waals surface area (Å²) in [4.78, 5) is 0. The van der Waals surface area contributed by atoms with Crippen molar-refractivity contribution in [1.82, 2.24) is 0 Å². The van der Waals surface area contributed by atoms with Crippen molar-refractivity contribution in [2.45, 2.75) is 25.3 Å². The summed E-state index contributed by atoms with van der Waals surface area (Å²) in [7, 11) is 1.69. The number of hydrogen-bond donors (Lipinski definition) is 1. The standard InChI is InChI=1S/C17H17Br2NO/c1-21-17-10-15(6-7-16(17)19)20-14-5-3-11-8-13(18)4-2-12(11)9-14/h2,4,6-8,10,14,20H,3,5,9H2,1H3. The van der Waals surface area contributed by atoms with Crippen LogP contribution < -0.4 is 10.1 Å². The molecule has 0 aliphatic heterocycles. The molecule has 1 aliphatic rings. The van der Waals surface area contributed by atoms with Gasteiger partial charge in [0.05, 0.1) is 11.6 Å². The van der Waals surface area contributed by atoms with Gasteiger partial charge in [-0.15, -0.1) is 0 Å². The second-order valence-corrected chi connectivity index (χ2v) is 7.12. The van der Waals surface area contributed by atoms with Crippen molar-refractivity contribution in [1.29, 1.82) is 0 Å². The molecule has 2 aromatic carbocycles. The summed E-state index contributed by atoms with van der Waals surface area (Å²) in [5.41, 5.74) is 4.03. The molecule has 21 heavy (non-hydrogen) atoms. The van der Waals surface area contributed by atoms with Crippen LogP contribution in [0.3, 0.4) is 0 Å². The summed E-state index contributed by atoms with van der Waals surface area (Å²) >= 11 is 7.03. The van der Waals surface area contributed by atoms with Gasteiger partial charge in [-0.1, -0.05) is 22.0 Å². The lowest BCUT2D eigenvalue weighted by atomic mass is 9.88. The summed E-state index contributed by atoms with van der Waals surface area (Å²) < 4.78 is 7.50. The van der Waals surface area contributed by atoms with Crippen LogP contribution in [0.25, 0.3) is 0 Å². The maximum atomic E-state index is 5.35. The molecule has 0 aromatic heterocycles. The molecule has 0 heterocycles. The second kappa shape index (κ2) is 6.41. The number of ether oxygens (including phenoxy) is 1. The van der Waals surface area contributed by atoms with Crippen LogP contribution in [0.1, 0.15) is 17.5 Å². The highest BCUT2D eigenvalue weighted by Gasteiger charge is 2.18. The molecule has 1 unspecified atom stereocenters. The molecule has 0 saturated carbocycles. The third kappa shape index (κ3) is 3.43. The largest absolute Gasteiger partial charge is 0.495 e. The molecule has 1 N–H and O–H groups in total. The van der Waals surface area contributed by atoms with Crippen molar-refractivity contribution in [3.05, 3.63) is 56.5 Å². The lowest BCUT2D eigenvalue weighted by Crippen LogP contribution is -2.27. The predicted octanol–water partition coefficient (Wildman–Crippen LogP) is 5.19. The predicted molar refractivity (Wildman–Crippen MR) is 94.3 cm³/mol. The number of nitrogens with one attached hydrogen (secondary N) is 1. The van der Waals surface area contributed by atoms with E-state index in [4.69, 9.17) is 4.74 Å². The van der Waals surface area contributed by atoms with Crippen molar-refractivity contribution in [2.24, 2.45) is 0 Å². The maximum Gasteiger partial charge on any atom is 0.135 e. The highest BCUT2D eigenvalue weighted by Crippen LogP contribution is 2.30. The first-order valence-electron chi connectivity index (χ1n) is 7.03. The average molecular weight is 411 g/mol. The van der Waals surface area contributed by atoms with Crippen LogP contribution in [0.2, 0.25) is 0 Å². The van der Waals surface area contributed by atoms with Crippen LogP contribution >= 0.6 is 31.9 Å². The van der Waals surface area contributed by atoms with E-state index in [2.05, 4.69) is 61.4 Å². The van der Waals surface area contributed by atoms with E-state index in [1.54, 1.807) is 7.11 Å². The lowest BCUT2D eigenvalue weighted by Gasteiger charge is -2.26. The number of fused-ring (bicyclic) bond motifs is 1. The molecule has 0 radical (unpaired) electrons. The minimum Gasteiger partial charge on any atom is -0.495 e. The third-order valence-corrected chi connectivity index (χ3v) is 5.07. The molecule has 0 spiro atoms. The van der Waals surface area contributed by atoms with Gasteiger partial charge in [0, 0.05) is 22.3 Å². The maximum absolute atomic E-state index is 5.35. The second-order valence-electron chi connectivity index (χ2n) is 5.35. The lowest BCUT2D eigenvalue weighted by molar-refractivity contribution is 0.412. The Labute approximate surface area is 142 Å². The van der Waals surface area contributed by atoms with E-state index in [1.165, 1.54) is 15.6 Å². The summed E-state index contributed by atoms with van der Waals surface area (Å²) in [6.07, 6.45) is 3.35. The Kier molecular flexibility index (Phi) is 4.55. The SMILES string of the molecule is COc1cc(NC2CCc3cc(Br)ccc3C2)ccc1Br. The minimum atomic E-state index is 0.476. The summed E-state index contributed by atoms with van der Waals surface area (Å²) in [5, 5.41) is 3.63. The van der Waals surface area contributed by atoms with Gasteiger partial charge < -0.3 is 10.1 Å². The summed E-state index contributed by atoms with van der Waals surface area (Å²) in [5.74, 6) is 0.861. The van der Waals surface area contributed by atoms with Crippen molar-refractivity contribution in [2.75, 3.05) is 12.4 Å². The van der Waals surface area contributed by atoms with E-state index in [1.807, 2.05) is 12.1 Å². The zero-order chi connectivity index (χ0) is 14.8. The van der Waals surface area contributed by atoms with Gasteiger partial charge in [-0.25, -0.2) is 0 Å². The van der Waals surface area contributed by atoms with Gasteiger partial charge in [-0.3, -0.25) is 0 Å². The molecule has 1 atom stereocenters. The molecule has 0 saturated heterocycles. The molecule has 110 valence electrons. The van der Waals surface area contributed by atoms with E-state index in [0.29, 0.717) is 6.04 Å². The third-order valence-electron chi connectivity index (χ3n) is 3.92. The van der Waals surface area contributed by atoms with Gasteiger partial charge >= 0.3 is 0 Å². The van der Waals surface area contributed by atoms with Gasteiger partial charge in [0.25, 0.3) is 0 Å². The van der Waals surface area contributed by atoms with Gasteiger partial charge in [-0.2, -0.15) is 0 Å². The molecule has 3 rings (SSSR count). The van der Waals surface area contributed by atoms with Crippen molar-refractivity contribution in [3.63, 3.8) is 0 Å². The van der Waals surface area contributed by atoms with Gasteiger partial charge in [0.15, 0.2) is 0 Å². The van der Waals surface area contributed by atoms with Gasteiger partial charge in [-0.05, 0) is 70.6 Å². The number of rotatable bonds is 3. The Morgan fingerprint density at radius 2 is 1.95 bits per heavy atom. The molecule has 0 amide bonds. The fourth-order valence-corrected chi connectivity index (χ4v) is 3.65. The molecule has 1 aliphatic carbocycles. The van der Waals surface area contributed by atoms with Gasteiger partial charge in [0.2, 0.25) is 0 Å². The zero-order valence-electron chi connectivity index (χ0n) is 11.8. The summed E-state index contributed by atoms with van der Waals surface area (Å²) in [6, 6.07) is 13.2. The fraction of sp³-hybridized carbons (Fsp3) is 0.294. The molecule has 2 nitrogen and oxygen atoms in total. The van der Waals surface area contributed by atoms with Crippen LogP contribution in [0.4, 0.5) is 5.69 Å². The first kappa shape index (κ1) is 14.9. The molecule has 2 aromatic rings. The van der Waals surface area contributed by atoms with Crippen LogP contribution in [0.5, 0.6) is 5.75 Å². The van der Waals surface area contributed by atoms with Crippen molar-refractivity contribution in [3.8, 4) is 5.75 Å². The Morgan fingerprint density at radius 3 is 2.76 bits per heavy atom. The number of halogens is 2. The van der Waals surface area contributed by atoms with E-state index < -0.39 is 0 Å². The molecule has 0 bridgehead atoms. The normalized spacial score (nSPS) is 17.2. The Balaban J connectivity index is 1.74. The molecular weight excluding hydrogens is 394 g/mol. The summed E-state index contributed by atoms with van der Waals surface area (Å²) in [6.45, 7) is 0. The van der Waals surface area contributed by atoms with E-state index in [-0.39, 0.29) is 0 Å². The fourth-order valence-electron chi connectivity index (χ4n) is 2.83. The number of methoxy groups -OCH3 is 1. The number of anilines is 1. The van der Waals surface area contributed by atoms with E-state index in [0.717, 1.165) is 35.2 Å². The monoisotopic (exact) mass is 409 g/mol. The number of hydrogen-bond acceptors (Lipinski definition) is 2. The zero-order valence-corrected chi connectivity index (χ0v) is 15.0. The van der Waals surface area contributed by atoms with E-state index in [9.17, 15) is 0 Å². The highest BCUT2D eigenvalue weighted by atomic mass is 79.9. The smallest absolute Gasteiger partial charge is 0.135 e. The van der Waals surface area contributed by atoms with Crippen LogP contribution in [-0.2, 0) is 12.8 Å². The number of benzene rings is 2. The van der Waals surface area contributed by atoms with E-state index >= 15 is 0 Å². The molecule has 0 fully saturated rings. The quantitative estimate of drug-likeness (QED) is 0.751. The van der Waals surface area contributed by atoms with Crippen LogP contribution in [-0.4, -0.2) is 13.2 Å². The first-order chi connectivity index (χ1) is 10.2. The van der Waals surface area contributed by atoms with Crippen molar-refractivity contribution < 1.29 is 4.74 Å². The van der Waals surface area contributed by atoms with Crippen LogP contribution in [0.15, 0.2) is 45.3 Å². The Hall–Kier alpha value is -1.00. The Morgan fingerprint density at radius 1 is 1.10 bits per heavy atom. The average Bonchev–Trinajstić information content (AvgIpc) is 2.49.